The number of rotatable bonds is 8. The first-order valence-corrected chi connectivity index (χ1v) is 18.5. The Morgan fingerprint density at radius 3 is 1.69 bits per heavy atom. The Morgan fingerprint density at radius 2 is 1.39 bits per heavy atom. The largest absolute Gasteiger partial charge is 0.483 e. The Balaban J connectivity index is -0.000000122. The van der Waals surface area contributed by atoms with Crippen LogP contribution in [0.2, 0.25) is 0 Å². The van der Waals surface area contributed by atoms with E-state index in [1.54, 1.807) is 23.9 Å². The molecule has 0 fully saturated rings. The summed E-state index contributed by atoms with van der Waals surface area (Å²) in [6.07, 6.45) is 29.5. The van der Waals surface area contributed by atoms with Gasteiger partial charge in [0.15, 0.2) is 5.17 Å². The fraction of sp³-hybridized carbons (Fsp3) is 0.378. The first kappa shape index (κ1) is 61.6. The van der Waals surface area contributed by atoms with E-state index in [9.17, 15) is 0 Å². The molecule has 0 aliphatic rings. The minimum Gasteiger partial charge on any atom is -0.483 e. The van der Waals surface area contributed by atoms with Gasteiger partial charge in [0, 0.05) is 38.9 Å². The lowest BCUT2D eigenvalue weighted by atomic mass is 10.1. The highest BCUT2D eigenvalue weighted by atomic mass is 32.2. The summed E-state index contributed by atoms with van der Waals surface area (Å²) in [4.78, 5) is 17.2. The van der Waals surface area contributed by atoms with Gasteiger partial charge in [-0.15, -0.1) is 44.9 Å². The van der Waals surface area contributed by atoms with Gasteiger partial charge in [0.05, 0.1) is 5.70 Å². The molecule has 0 saturated carbocycles. The van der Waals surface area contributed by atoms with Crippen molar-refractivity contribution in [3.63, 3.8) is 0 Å². The van der Waals surface area contributed by atoms with Crippen LogP contribution in [0.15, 0.2) is 110 Å². The molecule has 286 valence electrons. The van der Waals surface area contributed by atoms with E-state index in [-0.39, 0.29) is 6.47 Å². The van der Waals surface area contributed by atoms with Crippen molar-refractivity contribution in [2.45, 2.75) is 88.5 Å². The van der Waals surface area contributed by atoms with Crippen molar-refractivity contribution < 1.29 is 9.90 Å². The summed E-state index contributed by atoms with van der Waals surface area (Å²) >= 11 is 1.65. The zero-order valence-electron chi connectivity index (χ0n) is 34.7. The molecule has 0 amide bonds. The standard InChI is InChI=1S/C21H27N3S.C7H12.C5H6.C3H6.3C2H6.C2H2.CH2O2/c1-7-20(17-11-13-18(14-12-17)23(4)5)24(21(22-3)25-6)19-10-8-9-16(2)15-19;1-3-5-7-6-4-2;1-3-5-4-2;1-3-2;4*1-2;2-1-3/h7-15H,1-6H3;3-4,6H,1,5,7H2,2H3;1,4H,2,5H2;3H,1H2,2H3;3*1-2H3;1-2H;1H,(H,2,3)/b20-7-,22-21?;6-4+;;;;;;;. The Bertz CT molecular complexity index is 1200. The van der Waals surface area contributed by atoms with Crippen molar-refractivity contribution in [2.75, 3.05) is 37.2 Å². The number of thioether (sulfide) groups is 1. The lowest BCUT2D eigenvalue weighted by Gasteiger charge is -2.28. The zero-order chi connectivity index (χ0) is 41.5. The summed E-state index contributed by atoms with van der Waals surface area (Å²) in [6.45, 7) is 30.2. The molecule has 2 rings (SSSR count). The third-order valence-electron chi connectivity index (χ3n) is 5.05. The van der Waals surface area contributed by atoms with Crippen molar-refractivity contribution in [1.29, 1.82) is 0 Å². The van der Waals surface area contributed by atoms with E-state index >= 15 is 0 Å². The van der Waals surface area contributed by atoms with Crippen LogP contribution in [0.5, 0.6) is 0 Å². The number of unbranched alkanes of at least 4 members (excludes halogenated alkanes) is 1. The number of amidine groups is 1. The third-order valence-corrected chi connectivity index (χ3v) is 5.78. The molecular weight excluding hydrogens is 647 g/mol. The fourth-order valence-electron chi connectivity index (χ4n) is 3.22. The first-order chi connectivity index (χ1) is 24.7. The van der Waals surface area contributed by atoms with Crippen molar-refractivity contribution in [3.05, 3.63) is 116 Å². The molecule has 0 aromatic heterocycles. The Kier molecular flexibility index (Phi) is 66.1. The number of aliphatic imine (C=N–C) groups is 1. The number of anilines is 2. The highest BCUT2D eigenvalue weighted by Gasteiger charge is 2.19. The number of carbonyl (C=O) groups is 1. The van der Waals surface area contributed by atoms with Crippen molar-refractivity contribution in [2.24, 2.45) is 4.99 Å². The second kappa shape index (κ2) is 54.8. The van der Waals surface area contributed by atoms with Crippen molar-refractivity contribution in [3.8, 4) is 25.2 Å². The van der Waals surface area contributed by atoms with Crippen LogP contribution in [0, 0.1) is 32.1 Å². The normalized spacial score (nSPS) is 8.76. The number of benzene rings is 2. The number of carboxylic acid groups (broad SMARTS) is 1. The smallest absolute Gasteiger partial charge is 0.290 e. The molecular formula is C45H73N3O2S. The maximum absolute atomic E-state index is 8.36. The summed E-state index contributed by atoms with van der Waals surface area (Å²) in [5.74, 6) is 2.40. The topological polar surface area (TPSA) is 56.1 Å². The van der Waals surface area contributed by atoms with Crippen molar-refractivity contribution in [1.82, 2.24) is 0 Å². The number of terminal acetylenes is 2. The van der Waals surface area contributed by atoms with Crippen LogP contribution in [0.4, 0.5) is 11.4 Å². The highest BCUT2D eigenvalue weighted by molar-refractivity contribution is 8.13. The molecule has 51 heavy (non-hydrogen) atoms. The number of hydrogen-bond donors (Lipinski definition) is 1. The molecule has 0 heterocycles. The Labute approximate surface area is 321 Å². The monoisotopic (exact) mass is 720 g/mol. The van der Waals surface area contributed by atoms with Gasteiger partial charge in [0.25, 0.3) is 6.47 Å². The molecule has 0 spiro atoms. The average Bonchev–Trinajstić information content (AvgIpc) is 3.17. The molecule has 0 radical (unpaired) electrons. The quantitative estimate of drug-likeness (QED) is 0.0735. The SMILES string of the molecule is C#C.C#CCC=C.C/C=C(/c1ccc(N(C)C)cc1)N(C(=NC)SC)c1cccc(C)c1.C=CC.C=CCC/C=C/C.CC.CC.CC.O=CO. The fourth-order valence-corrected chi connectivity index (χ4v) is 3.79. The minimum absolute atomic E-state index is 0.250. The van der Waals surface area contributed by atoms with Gasteiger partial charge >= 0.3 is 0 Å². The molecule has 0 bridgehead atoms. The first-order valence-electron chi connectivity index (χ1n) is 17.2. The van der Waals surface area contributed by atoms with Crippen LogP contribution in [0.3, 0.4) is 0 Å². The highest BCUT2D eigenvalue weighted by Crippen LogP contribution is 2.31. The maximum Gasteiger partial charge on any atom is 0.290 e. The molecule has 0 atom stereocenters. The third kappa shape index (κ3) is 38.0. The van der Waals surface area contributed by atoms with Crippen LogP contribution in [0.1, 0.15) is 92.7 Å². The number of nitrogens with zero attached hydrogens (tertiary/aromatic N) is 3. The van der Waals surface area contributed by atoms with Gasteiger partial charge in [-0.25, -0.2) is 0 Å². The zero-order valence-corrected chi connectivity index (χ0v) is 35.6. The molecule has 1 N–H and O–H groups in total. The van der Waals surface area contributed by atoms with Crippen LogP contribution in [-0.4, -0.2) is 44.1 Å². The van der Waals surface area contributed by atoms with Gasteiger partial charge in [0.2, 0.25) is 0 Å². The molecule has 5 nitrogen and oxygen atoms in total. The van der Waals surface area contributed by atoms with E-state index in [0.717, 1.165) is 29.4 Å². The molecule has 2 aromatic carbocycles. The summed E-state index contributed by atoms with van der Waals surface area (Å²) in [7, 11) is 5.96. The second-order valence-electron chi connectivity index (χ2n) is 8.65. The summed E-state index contributed by atoms with van der Waals surface area (Å²) < 4.78 is 0. The van der Waals surface area contributed by atoms with Gasteiger partial charge in [-0.05, 0) is 82.2 Å². The van der Waals surface area contributed by atoms with Crippen LogP contribution < -0.4 is 9.80 Å². The lowest BCUT2D eigenvalue weighted by Crippen LogP contribution is -2.27. The maximum atomic E-state index is 8.36. The van der Waals surface area contributed by atoms with E-state index in [4.69, 9.17) is 16.3 Å². The van der Waals surface area contributed by atoms with Crippen LogP contribution in [-0.2, 0) is 4.79 Å². The van der Waals surface area contributed by atoms with Gasteiger partial charge in [-0.2, -0.15) is 0 Å². The van der Waals surface area contributed by atoms with Crippen LogP contribution >= 0.6 is 11.8 Å². The van der Waals surface area contributed by atoms with Gasteiger partial charge in [-0.3, -0.25) is 14.7 Å². The van der Waals surface area contributed by atoms with E-state index < -0.39 is 0 Å². The Hall–Kier alpha value is -4.65. The summed E-state index contributed by atoms with van der Waals surface area (Å²) in [6, 6.07) is 17.2. The van der Waals surface area contributed by atoms with E-state index in [1.807, 2.05) is 68.5 Å². The van der Waals surface area contributed by atoms with E-state index in [1.165, 1.54) is 16.8 Å². The van der Waals surface area contributed by atoms with E-state index in [2.05, 4.69) is 154 Å². The number of aryl methyl sites for hydroxylation is 1. The molecule has 6 heteroatoms. The molecule has 0 aliphatic heterocycles. The lowest BCUT2D eigenvalue weighted by molar-refractivity contribution is -0.122. The minimum atomic E-state index is -0.250. The molecule has 2 aromatic rings. The number of hydrogen-bond acceptors (Lipinski definition) is 4. The summed E-state index contributed by atoms with van der Waals surface area (Å²) in [5, 5.41) is 7.86. The predicted molar refractivity (Wildman–Crippen MR) is 241 cm³/mol. The van der Waals surface area contributed by atoms with Crippen LogP contribution in [0.25, 0.3) is 5.70 Å². The van der Waals surface area contributed by atoms with Gasteiger partial charge in [-0.1, -0.05) is 114 Å². The van der Waals surface area contributed by atoms with Gasteiger partial charge in [0.1, 0.15) is 0 Å². The molecule has 0 saturated heterocycles. The molecule has 0 unspecified atom stereocenters. The van der Waals surface area contributed by atoms with Crippen molar-refractivity contribution >= 4 is 40.5 Å². The molecule has 0 aliphatic carbocycles. The van der Waals surface area contributed by atoms with Gasteiger partial charge < -0.3 is 10.0 Å². The second-order valence-corrected chi connectivity index (χ2v) is 9.42. The summed E-state index contributed by atoms with van der Waals surface area (Å²) in [5.41, 5.74) is 5.85. The Morgan fingerprint density at radius 1 is 0.902 bits per heavy atom. The predicted octanol–water partition coefficient (Wildman–Crippen LogP) is 13.2. The van der Waals surface area contributed by atoms with E-state index in [0.29, 0.717) is 6.42 Å². The average molecular weight is 720 g/mol. The number of allylic oxidation sites excluding steroid dienone is 6.